The molecule has 0 saturated heterocycles. The van der Waals surface area contributed by atoms with Crippen LogP contribution in [0.25, 0.3) is 0 Å². The van der Waals surface area contributed by atoms with Crippen LogP contribution in [0.2, 0.25) is 0 Å². The van der Waals surface area contributed by atoms with Gasteiger partial charge in [-0.2, -0.15) is 4.31 Å². The van der Waals surface area contributed by atoms with Crippen LogP contribution in [0.3, 0.4) is 0 Å². The highest BCUT2D eigenvalue weighted by molar-refractivity contribution is 7.89. The molecule has 6 heteroatoms. The van der Waals surface area contributed by atoms with Crippen molar-refractivity contribution in [3.8, 4) is 0 Å². The molecule has 1 aliphatic carbocycles. The Balaban J connectivity index is 2.22. The fraction of sp³-hybridized carbons (Fsp3) is 0.692. The van der Waals surface area contributed by atoms with Gasteiger partial charge in [-0.1, -0.05) is 13.3 Å². The molecule has 0 amide bonds. The van der Waals surface area contributed by atoms with E-state index in [1.807, 2.05) is 6.92 Å². The van der Waals surface area contributed by atoms with Crippen LogP contribution in [0.1, 0.15) is 31.9 Å². The number of hydrogen-bond donors (Lipinski definition) is 1. The molecule has 1 fully saturated rings. The predicted octanol–water partition coefficient (Wildman–Crippen LogP) is 1.33. The maximum atomic E-state index is 12.6. The Hall–Kier alpha value is -0.850. The van der Waals surface area contributed by atoms with Gasteiger partial charge in [-0.05, 0) is 24.8 Å². The van der Waals surface area contributed by atoms with Crippen molar-refractivity contribution in [3.63, 3.8) is 0 Å². The summed E-state index contributed by atoms with van der Waals surface area (Å²) >= 11 is 0. The summed E-state index contributed by atoms with van der Waals surface area (Å²) in [6, 6.07) is 1.55. The van der Waals surface area contributed by atoms with Gasteiger partial charge in [0.15, 0.2) is 0 Å². The van der Waals surface area contributed by atoms with E-state index in [0.29, 0.717) is 24.7 Å². The van der Waals surface area contributed by atoms with Crippen LogP contribution in [-0.4, -0.2) is 35.5 Å². The molecule has 0 atom stereocenters. The fourth-order valence-electron chi connectivity index (χ4n) is 2.38. The highest BCUT2D eigenvalue weighted by atomic mass is 32.2. The number of aliphatic hydroxyl groups excluding tert-OH is 1. The molecule has 108 valence electrons. The zero-order valence-corrected chi connectivity index (χ0v) is 12.4. The Bertz CT molecular complexity index is 532. The van der Waals surface area contributed by atoms with Crippen LogP contribution in [-0.2, 0) is 23.7 Å². The van der Waals surface area contributed by atoms with Crippen LogP contribution in [0.15, 0.2) is 17.2 Å². The summed E-state index contributed by atoms with van der Waals surface area (Å²) in [5, 5.41) is 9.16. The van der Waals surface area contributed by atoms with Gasteiger partial charge >= 0.3 is 0 Å². The third kappa shape index (κ3) is 2.85. The minimum absolute atomic E-state index is 0.152. The van der Waals surface area contributed by atoms with Gasteiger partial charge in [0, 0.05) is 32.0 Å². The molecular formula is C13H22N2O3S. The molecule has 1 saturated carbocycles. The van der Waals surface area contributed by atoms with Crippen LogP contribution in [0.5, 0.6) is 0 Å². The first-order valence-electron chi connectivity index (χ1n) is 6.75. The molecule has 0 aliphatic heterocycles. The third-order valence-electron chi connectivity index (χ3n) is 3.92. The third-order valence-corrected chi connectivity index (χ3v) is 5.83. The van der Waals surface area contributed by atoms with E-state index in [2.05, 4.69) is 0 Å². The average molecular weight is 286 g/mol. The lowest BCUT2D eigenvalue weighted by Crippen LogP contribution is -2.37. The van der Waals surface area contributed by atoms with Crippen molar-refractivity contribution in [1.82, 2.24) is 8.87 Å². The number of nitrogens with zero attached hydrogens (tertiary/aromatic N) is 2. The van der Waals surface area contributed by atoms with Crippen molar-refractivity contribution in [2.45, 2.75) is 37.7 Å². The molecule has 1 aromatic rings. The Labute approximate surface area is 114 Å². The van der Waals surface area contributed by atoms with E-state index in [-0.39, 0.29) is 11.5 Å². The molecule has 0 bridgehead atoms. The maximum Gasteiger partial charge on any atom is 0.244 e. The van der Waals surface area contributed by atoms with Crippen molar-refractivity contribution >= 4 is 10.0 Å². The Morgan fingerprint density at radius 2 is 2.16 bits per heavy atom. The van der Waals surface area contributed by atoms with Gasteiger partial charge in [0.1, 0.15) is 4.90 Å². The molecule has 0 aromatic carbocycles. The summed E-state index contributed by atoms with van der Waals surface area (Å²) in [5.41, 5.74) is 0.610. The second kappa shape index (κ2) is 5.64. The number of hydrogen-bond acceptors (Lipinski definition) is 3. The van der Waals surface area contributed by atoms with Crippen molar-refractivity contribution < 1.29 is 13.5 Å². The van der Waals surface area contributed by atoms with Gasteiger partial charge in [0.05, 0.1) is 6.61 Å². The van der Waals surface area contributed by atoms with Gasteiger partial charge in [-0.15, -0.1) is 0 Å². The van der Waals surface area contributed by atoms with E-state index in [4.69, 9.17) is 5.11 Å². The Morgan fingerprint density at radius 1 is 1.47 bits per heavy atom. The molecule has 0 unspecified atom stereocenters. The molecule has 2 rings (SSSR count). The lowest BCUT2D eigenvalue weighted by molar-refractivity contribution is 0.250. The standard InChI is InChI=1S/C13H22N2O3S/c1-3-15(8-11-5-4-6-11)19(17,18)13-7-12(10-16)14(2)9-13/h7,9,11,16H,3-6,8,10H2,1-2H3. The van der Waals surface area contributed by atoms with E-state index >= 15 is 0 Å². The molecule has 1 heterocycles. The summed E-state index contributed by atoms with van der Waals surface area (Å²) in [6.45, 7) is 2.82. The Kier molecular flexibility index (Phi) is 4.32. The average Bonchev–Trinajstić information content (AvgIpc) is 2.69. The molecule has 1 N–H and O–H groups in total. The van der Waals surface area contributed by atoms with Crippen LogP contribution < -0.4 is 0 Å². The lowest BCUT2D eigenvalue weighted by atomic mass is 9.85. The second-order valence-electron chi connectivity index (χ2n) is 5.19. The molecule has 0 spiro atoms. The van der Waals surface area contributed by atoms with Crippen LogP contribution in [0.4, 0.5) is 0 Å². The van der Waals surface area contributed by atoms with Gasteiger partial charge in [0.2, 0.25) is 10.0 Å². The number of aromatic nitrogens is 1. The molecular weight excluding hydrogens is 264 g/mol. The number of aryl methyl sites for hydroxylation is 1. The minimum Gasteiger partial charge on any atom is -0.390 e. The van der Waals surface area contributed by atoms with Gasteiger partial charge in [-0.25, -0.2) is 8.42 Å². The zero-order valence-electron chi connectivity index (χ0n) is 11.5. The van der Waals surface area contributed by atoms with E-state index in [0.717, 1.165) is 12.8 Å². The summed E-state index contributed by atoms with van der Waals surface area (Å²) in [4.78, 5) is 0.278. The smallest absolute Gasteiger partial charge is 0.244 e. The second-order valence-corrected chi connectivity index (χ2v) is 7.13. The van der Waals surface area contributed by atoms with Gasteiger partial charge in [-0.3, -0.25) is 0 Å². The maximum absolute atomic E-state index is 12.6. The first-order chi connectivity index (χ1) is 8.98. The molecule has 1 aliphatic rings. The van der Waals surface area contributed by atoms with Gasteiger partial charge in [0.25, 0.3) is 0 Å². The lowest BCUT2D eigenvalue weighted by Gasteiger charge is -2.30. The first-order valence-corrected chi connectivity index (χ1v) is 8.19. The van der Waals surface area contributed by atoms with E-state index in [1.54, 1.807) is 28.2 Å². The SMILES string of the molecule is CCN(CC1CCC1)S(=O)(=O)c1cc(CO)n(C)c1. The normalized spacial score (nSPS) is 16.8. The van der Waals surface area contributed by atoms with E-state index in [9.17, 15) is 8.42 Å². The summed E-state index contributed by atoms with van der Waals surface area (Å²) in [5.74, 6) is 0.510. The quantitative estimate of drug-likeness (QED) is 0.858. The summed E-state index contributed by atoms with van der Waals surface area (Å²) in [6.07, 6.45) is 5.04. The number of rotatable bonds is 6. The Morgan fingerprint density at radius 3 is 2.58 bits per heavy atom. The topological polar surface area (TPSA) is 62.5 Å². The van der Waals surface area contributed by atoms with Crippen molar-refractivity contribution in [2.24, 2.45) is 13.0 Å². The highest BCUT2D eigenvalue weighted by Crippen LogP contribution is 2.29. The van der Waals surface area contributed by atoms with Crippen molar-refractivity contribution in [3.05, 3.63) is 18.0 Å². The van der Waals surface area contributed by atoms with Gasteiger partial charge < -0.3 is 9.67 Å². The molecule has 5 nitrogen and oxygen atoms in total. The zero-order chi connectivity index (χ0) is 14.0. The number of aliphatic hydroxyl groups is 1. The van der Waals surface area contributed by atoms with E-state index in [1.165, 1.54) is 6.42 Å². The highest BCUT2D eigenvalue weighted by Gasteiger charge is 2.29. The number of sulfonamides is 1. The fourth-order valence-corrected chi connectivity index (χ4v) is 4.01. The van der Waals surface area contributed by atoms with E-state index < -0.39 is 10.0 Å². The minimum atomic E-state index is -3.43. The van der Waals surface area contributed by atoms with Crippen LogP contribution in [0, 0.1) is 5.92 Å². The summed E-state index contributed by atoms with van der Waals surface area (Å²) in [7, 11) is -1.69. The molecule has 0 radical (unpaired) electrons. The monoisotopic (exact) mass is 286 g/mol. The van der Waals surface area contributed by atoms with Crippen molar-refractivity contribution in [1.29, 1.82) is 0 Å². The molecule has 19 heavy (non-hydrogen) atoms. The largest absolute Gasteiger partial charge is 0.390 e. The molecule has 1 aromatic heterocycles. The summed E-state index contributed by atoms with van der Waals surface area (Å²) < 4.78 is 28.3. The first kappa shape index (κ1) is 14.6. The van der Waals surface area contributed by atoms with Crippen LogP contribution >= 0.6 is 0 Å². The predicted molar refractivity (Wildman–Crippen MR) is 73.1 cm³/mol. The van der Waals surface area contributed by atoms with Crippen molar-refractivity contribution in [2.75, 3.05) is 13.1 Å².